The van der Waals surface area contributed by atoms with Crippen LogP contribution in [0.15, 0.2) is 40.0 Å². The lowest BCUT2D eigenvalue weighted by atomic mass is 10.1. The van der Waals surface area contributed by atoms with Crippen LogP contribution in [0.3, 0.4) is 0 Å². The molecule has 120 valence electrons. The molecule has 1 amide bonds. The molecule has 8 heteroatoms. The third-order valence-electron chi connectivity index (χ3n) is 3.56. The minimum Gasteiger partial charge on any atom is -0.458 e. The number of rotatable bonds is 3. The Morgan fingerprint density at radius 3 is 2.91 bits per heavy atom. The van der Waals surface area contributed by atoms with E-state index in [1.165, 1.54) is 12.3 Å². The molecular weight excluding hydrogens is 364 g/mol. The molecular formula is C15H15BrN4O3. The lowest BCUT2D eigenvalue weighted by Crippen LogP contribution is -2.44. The number of nitrogens with one attached hydrogen (secondary N) is 1. The zero-order valence-corrected chi connectivity index (χ0v) is 13.8. The van der Waals surface area contributed by atoms with Gasteiger partial charge in [0.2, 0.25) is 5.56 Å². The van der Waals surface area contributed by atoms with Gasteiger partial charge in [0.1, 0.15) is 6.10 Å². The number of hydrogen-bond donors (Lipinski definition) is 1. The summed E-state index contributed by atoms with van der Waals surface area (Å²) in [7, 11) is 0. The van der Waals surface area contributed by atoms with Gasteiger partial charge in [-0.15, -0.1) is 0 Å². The van der Waals surface area contributed by atoms with Crippen LogP contribution in [0.4, 0.5) is 0 Å². The first kappa shape index (κ1) is 15.7. The van der Waals surface area contributed by atoms with Crippen molar-refractivity contribution in [2.24, 2.45) is 0 Å². The highest BCUT2D eigenvalue weighted by atomic mass is 79.9. The first-order valence-corrected chi connectivity index (χ1v) is 8.03. The highest BCUT2D eigenvalue weighted by molar-refractivity contribution is 9.10. The van der Waals surface area contributed by atoms with Crippen LogP contribution < -0.4 is 10.3 Å². The minimum absolute atomic E-state index is 0.157. The fraction of sp³-hybridized carbons (Fsp3) is 0.333. The molecule has 0 radical (unpaired) electrons. The van der Waals surface area contributed by atoms with Crippen LogP contribution in [-0.2, 0) is 0 Å². The van der Waals surface area contributed by atoms with Gasteiger partial charge in [0.15, 0.2) is 0 Å². The summed E-state index contributed by atoms with van der Waals surface area (Å²) in [6.07, 6.45) is 6.21. The summed E-state index contributed by atoms with van der Waals surface area (Å²) in [4.78, 5) is 36.2. The van der Waals surface area contributed by atoms with E-state index >= 15 is 0 Å². The molecule has 1 aliphatic rings. The van der Waals surface area contributed by atoms with E-state index in [2.05, 4.69) is 30.9 Å². The molecule has 2 aromatic rings. The number of carbonyl (C=O) groups is 1. The van der Waals surface area contributed by atoms with Gasteiger partial charge in [0.05, 0.1) is 11.0 Å². The van der Waals surface area contributed by atoms with Gasteiger partial charge in [-0.05, 0) is 34.8 Å². The van der Waals surface area contributed by atoms with Crippen molar-refractivity contribution in [2.45, 2.75) is 18.9 Å². The van der Waals surface area contributed by atoms with Gasteiger partial charge >= 0.3 is 6.01 Å². The number of aromatic amines is 1. The Balaban J connectivity index is 1.67. The molecule has 3 heterocycles. The van der Waals surface area contributed by atoms with E-state index in [4.69, 9.17) is 4.74 Å². The summed E-state index contributed by atoms with van der Waals surface area (Å²) in [5, 5.41) is 0. The molecule has 0 saturated carbocycles. The first-order valence-electron chi connectivity index (χ1n) is 7.24. The number of pyridine rings is 1. The fourth-order valence-corrected chi connectivity index (χ4v) is 2.69. The Morgan fingerprint density at radius 1 is 1.39 bits per heavy atom. The molecule has 3 rings (SSSR count). The van der Waals surface area contributed by atoms with Gasteiger partial charge in [-0.2, -0.15) is 0 Å². The number of likely N-dealkylation sites (tertiary alicyclic amines) is 1. The Hall–Kier alpha value is -2.22. The van der Waals surface area contributed by atoms with Gasteiger partial charge in [0, 0.05) is 36.8 Å². The predicted octanol–water partition coefficient (Wildman–Crippen LogP) is 1.61. The van der Waals surface area contributed by atoms with E-state index in [1.54, 1.807) is 23.4 Å². The topological polar surface area (TPSA) is 88.2 Å². The zero-order chi connectivity index (χ0) is 16.2. The summed E-state index contributed by atoms with van der Waals surface area (Å²) < 4.78 is 6.52. The Kier molecular flexibility index (Phi) is 4.71. The maximum atomic E-state index is 12.5. The second-order valence-corrected chi connectivity index (χ2v) is 6.17. The van der Waals surface area contributed by atoms with Gasteiger partial charge in [-0.3, -0.25) is 9.59 Å². The van der Waals surface area contributed by atoms with Crippen LogP contribution in [0.2, 0.25) is 0 Å². The van der Waals surface area contributed by atoms with E-state index in [-0.39, 0.29) is 17.6 Å². The molecule has 1 N–H and O–H groups in total. The Bertz CT molecular complexity index is 747. The summed E-state index contributed by atoms with van der Waals surface area (Å²) in [6, 6.07) is 3.21. The molecule has 0 aliphatic carbocycles. The molecule has 1 saturated heterocycles. The maximum absolute atomic E-state index is 12.5. The van der Waals surface area contributed by atoms with Crippen LogP contribution in [0.5, 0.6) is 6.01 Å². The molecule has 2 aromatic heterocycles. The number of nitrogens with zero attached hydrogens (tertiary/aromatic N) is 3. The molecule has 1 unspecified atom stereocenters. The highest BCUT2D eigenvalue weighted by Crippen LogP contribution is 2.17. The van der Waals surface area contributed by atoms with Crippen molar-refractivity contribution in [2.75, 3.05) is 13.1 Å². The molecule has 1 aliphatic heterocycles. The summed E-state index contributed by atoms with van der Waals surface area (Å²) in [5.74, 6) is -0.166. The standard InChI is InChI=1S/C15H15BrN4O3/c16-11-7-18-15(19-8-11)23-12-2-1-5-20(9-12)14(22)10-3-4-17-13(21)6-10/h3-4,6-8,12H,1-2,5,9H2,(H,17,21). The lowest BCUT2D eigenvalue weighted by molar-refractivity contribution is 0.0515. The van der Waals surface area contributed by atoms with Crippen LogP contribution in [0.25, 0.3) is 0 Å². The Morgan fingerprint density at radius 2 is 2.17 bits per heavy atom. The van der Waals surface area contributed by atoms with Crippen LogP contribution in [0.1, 0.15) is 23.2 Å². The van der Waals surface area contributed by atoms with Crippen molar-refractivity contribution in [3.8, 4) is 6.01 Å². The first-order chi connectivity index (χ1) is 11.1. The number of hydrogen-bond acceptors (Lipinski definition) is 5. The van der Waals surface area contributed by atoms with Crippen molar-refractivity contribution in [3.05, 3.63) is 51.1 Å². The van der Waals surface area contributed by atoms with Gasteiger partial charge < -0.3 is 14.6 Å². The number of ether oxygens (including phenoxy) is 1. The van der Waals surface area contributed by atoms with E-state index in [1.807, 2.05) is 0 Å². The van der Waals surface area contributed by atoms with Crippen molar-refractivity contribution >= 4 is 21.8 Å². The van der Waals surface area contributed by atoms with E-state index < -0.39 is 0 Å². The zero-order valence-electron chi connectivity index (χ0n) is 12.2. The van der Waals surface area contributed by atoms with Crippen molar-refractivity contribution in [1.29, 1.82) is 0 Å². The number of H-pyrrole nitrogens is 1. The van der Waals surface area contributed by atoms with Crippen molar-refractivity contribution in [1.82, 2.24) is 19.9 Å². The summed E-state index contributed by atoms with van der Waals surface area (Å²) >= 11 is 3.27. The molecule has 23 heavy (non-hydrogen) atoms. The monoisotopic (exact) mass is 378 g/mol. The second kappa shape index (κ2) is 6.91. The average Bonchev–Trinajstić information content (AvgIpc) is 2.56. The molecule has 1 fully saturated rings. The van der Waals surface area contributed by atoms with Gasteiger partial charge in [0.25, 0.3) is 5.91 Å². The molecule has 1 atom stereocenters. The third kappa shape index (κ3) is 3.95. The molecule has 0 aromatic carbocycles. The van der Waals surface area contributed by atoms with E-state index in [0.717, 1.165) is 17.3 Å². The summed E-state index contributed by atoms with van der Waals surface area (Å²) in [5.41, 5.74) is 0.0956. The molecule has 0 spiro atoms. The van der Waals surface area contributed by atoms with Crippen LogP contribution in [0, 0.1) is 0 Å². The normalized spacial score (nSPS) is 17.8. The molecule has 7 nitrogen and oxygen atoms in total. The number of piperidine rings is 1. The van der Waals surface area contributed by atoms with E-state index in [0.29, 0.717) is 24.7 Å². The highest BCUT2D eigenvalue weighted by Gasteiger charge is 2.26. The van der Waals surface area contributed by atoms with Gasteiger partial charge in [-0.25, -0.2) is 9.97 Å². The number of amides is 1. The van der Waals surface area contributed by atoms with Crippen LogP contribution >= 0.6 is 15.9 Å². The second-order valence-electron chi connectivity index (χ2n) is 5.26. The van der Waals surface area contributed by atoms with Gasteiger partial charge in [-0.1, -0.05) is 0 Å². The lowest BCUT2D eigenvalue weighted by Gasteiger charge is -2.32. The maximum Gasteiger partial charge on any atom is 0.316 e. The van der Waals surface area contributed by atoms with Crippen molar-refractivity contribution < 1.29 is 9.53 Å². The Labute approximate surface area is 140 Å². The SMILES string of the molecule is O=C(c1cc[nH]c(=O)c1)N1CCCC(Oc2ncc(Br)cn2)C1. The average molecular weight is 379 g/mol. The largest absolute Gasteiger partial charge is 0.458 e. The number of carbonyl (C=O) groups excluding carboxylic acids is 1. The predicted molar refractivity (Wildman–Crippen MR) is 86.3 cm³/mol. The minimum atomic E-state index is -0.288. The smallest absolute Gasteiger partial charge is 0.316 e. The quantitative estimate of drug-likeness (QED) is 0.876. The number of halogens is 1. The van der Waals surface area contributed by atoms with Crippen LogP contribution in [-0.4, -0.2) is 45.0 Å². The summed E-state index contributed by atoms with van der Waals surface area (Å²) in [6.45, 7) is 1.09. The van der Waals surface area contributed by atoms with E-state index in [9.17, 15) is 9.59 Å². The molecule has 0 bridgehead atoms. The number of aromatic nitrogens is 3. The van der Waals surface area contributed by atoms with Crippen molar-refractivity contribution in [3.63, 3.8) is 0 Å². The fourth-order valence-electron chi connectivity index (χ4n) is 2.49. The third-order valence-corrected chi connectivity index (χ3v) is 3.97.